The first kappa shape index (κ1) is 13.2. The van der Waals surface area contributed by atoms with Gasteiger partial charge in [-0.05, 0) is 31.9 Å². The molecule has 0 unspecified atom stereocenters. The van der Waals surface area contributed by atoms with Crippen molar-refractivity contribution < 1.29 is 9.15 Å². The van der Waals surface area contributed by atoms with Crippen molar-refractivity contribution in [1.29, 1.82) is 0 Å². The van der Waals surface area contributed by atoms with Crippen molar-refractivity contribution in [2.75, 3.05) is 7.11 Å². The van der Waals surface area contributed by atoms with E-state index in [1.165, 1.54) is 19.3 Å². The summed E-state index contributed by atoms with van der Waals surface area (Å²) < 4.78 is 11.3. The van der Waals surface area contributed by atoms with Crippen LogP contribution in [0.15, 0.2) is 27.4 Å². The highest BCUT2D eigenvalue weighted by Gasteiger charge is 2.22. The summed E-state index contributed by atoms with van der Waals surface area (Å²) in [6.45, 7) is 1.89. The lowest BCUT2D eigenvalue weighted by Crippen LogP contribution is -2.14. The Morgan fingerprint density at radius 3 is 2.65 bits per heavy atom. The number of methoxy groups -OCH3 is 1. The summed E-state index contributed by atoms with van der Waals surface area (Å²) in [6.07, 6.45) is 5.99. The van der Waals surface area contributed by atoms with Gasteiger partial charge in [-0.2, -0.15) is 0 Å². The SMILES string of the molecule is COc1ccc2c(=O)c(C)c(C3CCCCC3)oc2c1. The molecule has 0 bridgehead atoms. The highest BCUT2D eigenvalue weighted by atomic mass is 16.5. The van der Waals surface area contributed by atoms with E-state index in [0.29, 0.717) is 16.9 Å². The second-order valence-electron chi connectivity index (χ2n) is 5.62. The Labute approximate surface area is 118 Å². The fourth-order valence-electron chi connectivity index (χ4n) is 3.16. The summed E-state index contributed by atoms with van der Waals surface area (Å²) in [5, 5.41) is 0.642. The molecule has 1 aliphatic carbocycles. The third-order valence-electron chi connectivity index (χ3n) is 4.34. The van der Waals surface area contributed by atoms with Gasteiger partial charge in [0.2, 0.25) is 0 Å². The molecule has 0 radical (unpaired) electrons. The molecule has 0 amide bonds. The van der Waals surface area contributed by atoms with E-state index in [1.807, 2.05) is 13.0 Å². The zero-order valence-corrected chi connectivity index (χ0v) is 12.1. The van der Waals surface area contributed by atoms with Crippen molar-refractivity contribution >= 4 is 11.0 Å². The number of benzene rings is 1. The molecule has 3 nitrogen and oxygen atoms in total. The Kier molecular flexibility index (Phi) is 3.51. The maximum absolute atomic E-state index is 12.5. The van der Waals surface area contributed by atoms with Crippen molar-refractivity contribution in [3.8, 4) is 5.75 Å². The predicted molar refractivity (Wildman–Crippen MR) is 79.6 cm³/mol. The first-order valence-corrected chi connectivity index (χ1v) is 7.32. The van der Waals surface area contributed by atoms with Crippen molar-refractivity contribution in [2.45, 2.75) is 44.9 Å². The standard InChI is InChI=1S/C17H20O3/c1-11-16(18)14-9-8-13(19-2)10-15(14)20-17(11)12-6-4-3-5-7-12/h8-10,12H,3-7H2,1-2H3. The Bertz CT molecular complexity index is 678. The fraction of sp³-hybridized carbons (Fsp3) is 0.471. The Morgan fingerprint density at radius 1 is 1.20 bits per heavy atom. The lowest BCUT2D eigenvalue weighted by atomic mass is 9.85. The van der Waals surface area contributed by atoms with Gasteiger partial charge in [0.25, 0.3) is 0 Å². The van der Waals surface area contributed by atoms with Crippen molar-refractivity contribution in [1.82, 2.24) is 0 Å². The lowest BCUT2D eigenvalue weighted by Gasteiger charge is -2.22. The highest BCUT2D eigenvalue weighted by Crippen LogP contribution is 2.35. The summed E-state index contributed by atoms with van der Waals surface area (Å²) in [6, 6.07) is 5.40. The van der Waals surface area contributed by atoms with Crippen molar-refractivity contribution in [2.24, 2.45) is 0 Å². The summed E-state index contributed by atoms with van der Waals surface area (Å²) in [5.41, 5.74) is 1.50. The molecule has 0 aliphatic heterocycles. The van der Waals surface area contributed by atoms with E-state index in [0.717, 1.165) is 29.9 Å². The molecule has 1 fully saturated rings. The molecule has 1 saturated carbocycles. The Balaban J connectivity index is 2.16. The van der Waals surface area contributed by atoms with Crippen LogP contribution in [0.1, 0.15) is 49.3 Å². The zero-order valence-electron chi connectivity index (χ0n) is 12.1. The van der Waals surface area contributed by atoms with Gasteiger partial charge in [0.1, 0.15) is 17.1 Å². The number of hydrogen-bond acceptors (Lipinski definition) is 3. The molecule has 0 saturated heterocycles. The molecule has 3 heteroatoms. The van der Waals surface area contributed by atoms with Gasteiger partial charge < -0.3 is 9.15 Å². The number of hydrogen-bond donors (Lipinski definition) is 0. The zero-order chi connectivity index (χ0) is 14.1. The van der Waals surface area contributed by atoms with Crippen LogP contribution in [0.4, 0.5) is 0 Å². The van der Waals surface area contributed by atoms with Crippen LogP contribution in [-0.4, -0.2) is 7.11 Å². The minimum Gasteiger partial charge on any atom is -0.497 e. The van der Waals surface area contributed by atoms with Gasteiger partial charge >= 0.3 is 0 Å². The molecule has 2 aromatic rings. The quantitative estimate of drug-likeness (QED) is 0.824. The van der Waals surface area contributed by atoms with Crippen LogP contribution < -0.4 is 10.2 Å². The van der Waals surface area contributed by atoms with Crippen LogP contribution in [0, 0.1) is 6.92 Å². The smallest absolute Gasteiger partial charge is 0.195 e. The number of ether oxygens (including phenoxy) is 1. The van der Waals surface area contributed by atoms with E-state index in [9.17, 15) is 4.79 Å². The maximum atomic E-state index is 12.5. The average molecular weight is 272 g/mol. The number of rotatable bonds is 2. The summed E-state index contributed by atoms with van der Waals surface area (Å²) in [7, 11) is 1.62. The fourth-order valence-corrected chi connectivity index (χ4v) is 3.16. The van der Waals surface area contributed by atoms with E-state index >= 15 is 0 Å². The molecule has 20 heavy (non-hydrogen) atoms. The molecule has 106 valence electrons. The van der Waals surface area contributed by atoms with Gasteiger partial charge in [0, 0.05) is 17.5 Å². The van der Waals surface area contributed by atoms with E-state index in [1.54, 1.807) is 19.2 Å². The minimum atomic E-state index is 0.0921. The summed E-state index contributed by atoms with van der Waals surface area (Å²) in [4.78, 5) is 12.5. The average Bonchev–Trinajstić information content (AvgIpc) is 2.51. The van der Waals surface area contributed by atoms with E-state index < -0.39 is 0 Å². The van der Waals surface area contributed by atoms with Gasteiger partial charge in [0.05, 0.1) is 12.5 Å². The van der Waals surface area contributed by atoms with Crippen LogP contribution >= 0.6 is 0 Å². The van der Waals surface area contributed by atoms with Gasteiger partial charge in [-0.1, -0.05) is 19.3 Å². The third kappa shape index (κ3) is 2.21. The van der Waals surface area contributed by atoms with Crippen LogP contribution in [0.3, 0.4) is 0 Å². The predicted octanol–water partition coefficient (Wildman–Crippen LogP) is 4.16. The maximum Gasteiger partial charge on any atom is 0.195 e. The normalized spacial score (nSPS) is 16.5. The topological polar surface area (TPSA) is 39.4 Å². The molecule has 1 heterocycles. The van der Waals surface area contributed by atoms with Crippen LogP contribution in [0.5, 0.6) is 5.75 Å². The Morgan fingerprint density at radius 2 is 1.95 bits per heavy atom. The monoisotopic (exact) mass is 272 g/mol. The van der Waals surface area contributed by atoms with Gasteiger partial charge in [-0.25, -0.2) is 0 Å². The third-order valence-corrected chi connectivity index (χ3v) is 4.34. The summed E-state index contributed by atoms with van der Waals surface area (Å²) >= 11 is 0. The second kappa shape index (κ2) is 5.31. The van der Waals surface area contributed by atoms with Crippen molar-refractivity contribution in [3.63, 3.8) is 0 Å². The second-order valence-corrected chi connectivity index (χ2v) is 5.62. The highest BCUT2D eigenvalue weighted by molar-refractivity contribution is 5.78. The molecule has 1 aromatic carbocycles. The molecule has 0 atom stereocenters. The first-order valence-electron chi connectivity index (χ1n) is 7.32. The van der Waals surface area contributed by atoms with Crippen molar-refractivity contribution in [3.05, 3.63) is 39.7 Å². The summed E-state index contributed by atoms with van der Waals surface area (Å²) in [5.74, 6) is 2.00. The molecule has 0 spiro atoms. The molecule has 0 N–H and O–H groups in total. The molecule has 3 rings (SSSR count). The van der Waals surface area contributed by atoms with Crippen LogP contribution in [-0.2, 0) is 0 Å². The lowest BCUT2D eigenvalue weighted by molar-refractivity contribution is 0.376. The molecule has 1 aliphatic rings. The van der Waals surface area contributed by atoms with Gasteiger partial charge in [-0.3, -0.25) is 4.79 Å². The molecular weight excluding hydrogens is 252 g/mol. The molecular formula is C17H20O3. The number of fused-ring (bicyclic) bond motifs is 1. The van der Waals surface area contributed by atoms with E-state index in [2.05, 4.69) is 0 Å². The Hall–Kier alpha value is -1.77. The first-order chi connectivity index (χ1) is 9.70. The van der Waals surface area contributed by atoms with Gasteiger partial charge in [-0.15, -0.1) is 0 Å². The minimum absolute atomic E-state index is 0.0921. The molecule has 1 aromatic heterocycles. The van der Waals surface area contributed by atoms with Crippen LogP contribution in [0.25, 0.3) is 11.0 Å². The van der Waals surface area contributed by atoms with E-state index in [4.69, 9.17) is 9.15 Å². The van der Waals surface area contributed by atoms with E-state index in [-0.39, 0.29) is 5.43 Å². The largest absolute Gasteiger partial charge is 0.497 e. The van der Waals surface area contributed by atoms with Crippen LogP contribution in [0.2, 0.25) is 0 Å². The van der Waals surface area contributed by atoms with Gasteiger partial charge in [0.15, 0.2) is 5.43 Å².